The number of nitrogens with two attached hydrogens (primary N) is 1. The zero-order valence-corrected chi connectivity index (χ0v) is 12.7. The molecule has 1 aliphatic heterocycles. The van der Waals surface area contributed by atoms with Crippen LogP contribution in [-0.2, 0) is 14.4 Å². The molecule has 0 aromatic heterocycles. The van der Waals surface area contributed by atoms with E-state index in [1.165, 1.54) is 4.90 Å². The summed E-state index contributed by atoms with van der Waals surface area (Å²) in [5.41, 5.74) is 5.17. The summed E-state index contributed by atoms with van der Waals surface area (Å²) in [4.78, 5) is 37.1. The normalized spacial score (nSPS) is 25.0. The minimum absolute atomic E-state index is 0. The highest BCUT2D eigenvalue weighted by Crippen LogP contribution is 2.28. The summed E-state index contributed by atoms with van der Waals surface area (Å²) in [6.07, 6.45) is 3.18. The molecule has 1 unspecified atom stereocenters. The Balaban J connectivity index is 0.00000200. The fourth-order valence-electron chi connectivity index (χ4n) is 2.84. The van der Waals surface area contributed by atoms with E-state index in [1.54, 1.807) is 13.8 Å². The smallest absolute Gasteiger partial charge is 0.252 e. The van der Waals surface area contributed by atoms with Gasteiger partial charge in [0, 0.05) is 6.04 Å². The first-order valence-corrected chi connectivity index (χ1v) is 6.81. The first kappa shape index (κ1) is 16.9. The molecule has 0 radical (unpaired) electrons. The van der Waals surface area contributed by atoms with Gasteiger partial charge in [-0.2, -0.15) is 0 Å². The average Bonchev–Trinajstić information content (AvgIpc) is 2.85. The van der Waals surface area contributed by atoms with E-state index < -0.39 is 11.6 Å². The number of nitrogens with one attached hydrogen (secondary N) is 1. The monoisotopic (exact) mass is 303 g/mol. The molecule has 3 N–H and O–H groups in total. The van der Waals surface area contributed by atoms with Gasteiger partial charge in [0.2, 0.25) is 11.8 Å². The Bertz CT molecular complexity index is 419. The van der Waals surface area contributed by atoms with Crippen LogP contribution < -0.4 is 11.1 Å². The fraction of sp³-hybridized carbons (Fsp3) is 0.769. The third-order valence-electron chi connectivity index (χ3n) is 3.95. The molecular weight excluding hydrogens is 282 g/mol. The average molecular weight is 304 g/mol. The predicted molar refractivity (Wildman–Crippen MR) is 76.2 cm³/mol. The quantitative estimate of drug-likeness (QED) is 0.735. The van der Waals surface area contributed by atoms with E-state index in [0.717, 1.165) is 12.8 Å². The molecule has 2 aliphatic rings. The first-order valence-electron chi connectivity index (χ1n) is 6.81. The third-order valence-corrected chi connectivity index (χ3v) is 3.95. The zero-order valence-electron chi connectivity index (χ0n) is 11.8. The van der Waals surface area contributed by atoms with Crippen LogP contribution in [0.3, 0.4) is 0 Å². The van der Waals surface area contributed by atoms with Crippen molar-refractivity contribution in [1.82, 2.24) is 10.2 Å². The van der Waals surface area contributed by atoms with Gasteiger partial charge in [-0.3, -0.25) is 19.3 Å². The SMILES string of the molecule is CC(C)N1C(=O)CC(NC(=O)C2(N)CCCC2)C1=O.Cl. The summed E-state index contributed by atoms with van der Waals surface area (Å²) in [6.45, 7) is 3.56. The lowest BCUT2D eigenvalue weighted by molar-refractivity contribution is -0.141. The number of rotatable bonds is 3. The van der Waals surface area contributed by atoms with Crippen LogP contribution in [0.5, 0.6) is 0 Å². The molecule has 0 aromatic rings. The van der Waals surface area contributed by atoms with Gasteiger partial charge in [0.15, 0.2) is 0 Å². The fourth-order valence-corrected chi connectivity index (χ4v) is 2.84. The predicted octanol–water partition coefficient (Wildman–Crippen LogP) is 0.332. The Hall–Kier alpha value is -1.14. The lowest BCUT2D eigenvalue weighted by atomic mass is 9.97. The molecule has 1 heterocycles. The number of likely N-dealkylation sites (tertiary alicyclic amines) is 1. The van der Waals surface area contributed by atoms with Gasteiger partial charge in [-0.15, -0.1) is 12.4 Å². The van der Waals surface area contributed by atoms with Crippen molar-refractivity contribution in [2.75, 3.05) is 0 Å². The van der Waals surface area contributed by atoms with Crippen LogP contribution in [0.4, 0.5) is 0 Å². The number of hydrogen-bond acceptors (Lipinski definition) is 4. The molecule has 1 saturated heterocycles. The summed E-state index contributed by atoms with van der Waals surface area (Å²) >= 11 is 0. The summed E-state index contributed by atoms with van der Waals surface area (Å²) < 4.78 is 0. The van der Waals surface area contributed by atoms with E-state index in [9.17, 15) is 14.4 Å². The van der Waals surface area contributed by atoms with E-state index in [-0.39, 0.29) is 42.6 Å². The van der Waals surface area contributed by atoms with Crippen molar-refractivity contribution in [1.29, 1.82) is 0 Å². The summed E-state index contributed by atoms with van der Waals surface area (Å²) in [5.74, 6) is -0.862. The molecule has 114 valence electrons. The number of amides is 3. The number of hydrogen-bond donors (Lipinski definition) is 2. The molecule has 7 heteroatoms. The van der Waals surface area contributed by atoms with Gasteiger partial charge in [-0.05, 0) is 26.7 Å². The highest BCUT2D eigenvalue weighted by Gasteiger charge is 2.44. The standard InChI is InChI=1S/C13H21N3O3.ClH/c1-8(2)16-10(17)7-9(11(16)18)15-12(19)13(14)5-3-4-6-13;/h8-9H,3-7,14H2,1-2H3,(H,15,19);1H. The van der Waals surface area contributed by atoms with Crippen molar-refractivity contribution in [2.24, 2.45) is 5.73 Å². The van der Waals surface area contributed by atoms with Crippen molar-refractivity contribution in [3.05, 3.63) is 0 Å². The van der Waals surface area contributed by atoms with Crippen LogP contribution in [0.2, 0.25) is 0 Å². The molecule has 2 fully saturated rings. The van der Waals surface area contributed by atoms with Crippen molar-refractivity contribution in [2.45, 2.75) is 63.6 Å². The number of nitrogens with zero attached hydrogens (tertiary/aromatic N) is 1. The van der Waals surface area contributed by atoms with Crippen molar-refractivity contribution >= 4 is 30.1 Å². The van der Waals surface area contributed by atoms with Crippen LogP contribution in [0, 0.1) is 0 Å². The highest BCUT2D eigenvalue weighted by atomic mass is 35.5. The van der Waals surface area contributed by atoms with E-state index in [2.05, 4.69) is 5.32 Å². The maximum Gasteiger partial charge on any atom is 0.252 e. The van der Waals surface area contributed by atoms with Gasteiger partial charge in [0.05, 0.1) is 12.0 Å². The Morgan fingerprint density at radius 2 is 1.90 bits per heavy atom. The topological polar surface area (TPSA) is 92.5 Å². The maximum atomic E-state index is 12.1. The Morgan fingerprint density at radius 1 is 1.35 bits per heavy atom. The van der Waals surface area contributed by atoms with Gasteiger partial charge in [-0.1, -0.05) is 12.8 Å². The van der Waals surface area contributed by atoms with Gasteiger partial charge in [-0.25, -0.2) is 0 Å². The number of carbonyl (C=O) groups is 3. The van der Waals surface area contributed by atoms with Crippen LogP contribution in [0.15, 0.2) is 0 Å². The summed E-state index contributed by atoms with van der Waals surface area (Å²) in [5, 5.41) is 2.65. The van der Waals surface area contributed by atoms with Crippen molar-refractivity contribution in [3.8, 4) is 0 Å². The Morgan fingerprint density at radius 3 is 2.35 bits per heavy atom. The highest BCUT2D eigenvalue weighted by molar-refractivity contribution is 6.07. The van der Waals surface area contributed by atoms with Crippen molar-refractivity contribution in [3.63, 3.8) is 0 Å². The molecule has 1 atom stereocenters. The molecule has 0 bridgehead atoms. The zero-order chi connectivity index (χ0) is 14.2. The Kier molecular flexibility index (Phi) is 5.15. The number of imide groups is 1. The van der Waals surface area contributed by atoms with Crippen LogP contribution in [0.1, 0.15) is 46.0 Å². The molecule has 20 heavy (non-hydrogen) atoms. The minimum Gasteiger partial charge on any atom is -0.342 e. The largest absolute Gasteiger partial charge is 0.342 e. The molecule has 6 nitrogen and oxygen atoms in total. The second kappa shape index (κ2) is 6.10. The van der Waals surface area contributed by atoms with Gasteiger partial charge in [0.25, 0.3) is 5.91 Å². The molecule has 1 saturated carbocycles. The van der Waals surface area contributed by atoms with Crippen LogP contribution in [-0.4, -0.2) is 40.2 Å². The van der Waals surface area contributed by atoms with E-state index in [1.807, 2.05) is 0 Å². The molecule has 0 spiro atoms. The van der Waals surface area contributed by atoms with E-state index in [4.69, 9.17) is 5.73 Å². The summed E-state index contributed by atoms with van der Waals surface area (Å²) in [7, 11) is 0. The van der Waals surface area contributed by atoms with Gasteiger partial charge < -0.3 is 11.1 Å². The Labute approximate surface area is 124 Å². The summed E-state index contributed by atoms with van der Waals surface area (Å²) in [6, 6.07) is -0.927. The second-order valence-corrected chi connectivity index (χ2v) is 5.79. The van der Waals surface area contributed by atoms with E-state index in [0.29, 0.717) is 12.8 Å². The lowest BCUT2D eigenvalue weighted by Crippen LogP contribution is -2.56. The minimum atomic E-state index is -0.866. The van der Waals surface area contributed by atoms with Gasteiger partial charge in [0.1, 0.15) is 6.04 Å². The lowest BCUT2D eigenvalue weighted by Gasteiger charge is -2.24. The molecule has 0 aromatic carbocycles. The van der Waals surface area contributed by atoms with Gasteiger partial charge >= 0.3 is 0 Å². The second-order valence-electron chi connectivity index (χ2n) is 5.79. The molecular formula is C13H22ClN3O3. The van der Waals surface area contributed by atoms with E-state index >= 15 is 0 Å². The molecule has 1 aliphatic carbocycles. The number of carbonyl (C=O) groups excluding carboxylic acids is 3. The first-order chi connectivity index (χ1) is 8.85. The number of halogens is 1. The van der Waals surface area contributed by atoms with Crippen LogP contribution >= 0.6 is 12.4 Å². The van der Waals surface area contributed by atoms with Crippen molar-refractivity contribution < 1.29 is 14.4 Å². The maximum absolute atomic E-state index is 12.1. The third kappa shape index (κ3) is 2.96. The molecule has 3 amide bonds. The molecule has 2 rings (SSSR count). The van der Waals surface area contributed by atoms with Crippen LogP contribution in [0.25, 0.3) is 0 Å².